The predicted octanol–water partition coefficient (Wildman–Crippen LogP) is 5.04. The van der Waals surface area contributed by atoms with E-state index in [0.29, 0.717) is 24.9 Å². The highest BCUT2D eigenvalue weighted by molar-refractivity contribution is 5.86. The van der Waals surface area contributed by atoms with Crippen molar-refractivity contribution in [3.8, 4) is 0 Å². The Hall–Kier alpha value is -2.53. The predicted molar refractivity (Wildman–Crippen MR) is 116 cm³/mol. The van der Waals surface area contributed by atoms with Gasteiger partial charge in [-0.2, -0.15) is 0 Å². The normalized spacial score (nSPS) is 23.3. The maximum Gasteiger partial charge on any atom is 0.309 e. The number of carboxylic acid groups (broad SMARTS) is 1. The Morgan fingerprint density at radius 2 is 2.03 bits per heavy atom. The lowest BCUT2D eigenvalue weighted by molar-refractivity contribution is -0.147. The first-order chi connectivity index (χ1) is 14.6. The molecule has 2 fully saturated rings. The molecule has 158 valence electrons. The van der Waals surface area contributed by atoms with E-state index in [1.54, 1.807) is 7.11 Å². The number of nitrogens with zero attached hydrogens (tertiary/aromatic N) is 1. The smallest absolute Gasteiger partial charge is 0.309 e. The molecule has 0 bridgehead atoms. The zero-order chi connectivity index (χ0) is 20.7. The van der Waals surface area contributed by atoms with Gasteiger partial charge in [-0.15, -0.1) is 0 Å². The van der Waals surface area contributed by atoms with Crippen molar-refractivity contribution in [1.29, 1.82) is 0 Å². The first-order valence-corrected chi connectivity index (χ1v) is 11.1. The summed E-state index contributed by atoms with van der Waals surface area (Å²) in [6.07, 6.45) is 10.5. The Kier molecular flexibility index (Phi) is 5.15. The molecule has 1 atom stereocenters. The number of rotatable bonds is 6. The summed E-state index contributed by atoms with van der Waals surface area (Å²) in [4.78, 5) is 13.2. The lowest BCUT2D eigenvalue weighted by Crippen LogP contribution is -2.51. The molecular weight excluding hydrogens is 378 g/mol. The highest BCUT2D eigenvalue weighted by atomic mass is 16.5. The molecule has 1 aliphatic heterocycles. The van der Waals surface area contributed by atoms with Crippen molar-refractivity contribution in [2.45, 2.75) is 38.0 Å². The summed E-state index contributed by atoms with van der Waals surface area (Å²) in [7, 11) is 1.70. The topological polar surface area (TPSA) is 62.9 Å². The van der Waals surface area contributed by atoms with Crippen LogP contribution in [0.3, 0.4) is 0 Å². The van der Waals surface area contributed by atoms with Gasteiger partial charge in [-0.1, -0.05) is 25.0 Å². The molecule has 0 spiro atoms. The molecule has 0 amide bonds. The fourth-order valence-corrected chi connectivity index (χ4v) is 5.18. The van der Waals surface area contributed by atoms with Crippen LogP contribution in [0.1, 0.15) is 49.3 Å². The van der Waals surface area contributed by atoms with Crippen LogP contribution in [0.5, 0.6) is 0 Å². The van der Waals surface area contributed by atoms with E-state index in [4.69, 9.17) is 14.3 Å². The van der Waals surface area contributed by atoms with Gasteiger partial charge >= 0.3 is 5.97 Å². The van der Waals surface area contributed by atoms with Crippen LogP contribution >= 0.6 is 0 Å². The molecule has 2 aromatic rings. The second-order valence-corrected chi connectivity index (χ2v) is 8.99. The van der Waals surface area contributed by atoms with Crippen LogP contribution in [0, 0.1) is 11.8 Å². The summed E-state index contributed by atoms with van der Waals surface area (Å²) in [6.45, 7) is 2.15. The second kappa shape index (κ2) is 7.95. The zero-order valence-electron chi connectivity index (χ0n) is 17.5. The number of carboxylic acids is 1. The summed E-state index contributed by atoms with van der Waals surface area (Å²) in [6, 6.07) is 8.77. The molecule has 1 N–H and O–H groups in total. The van der Waals surface area contributed by atoms with E-state index in [2.05, 4.69) is 41.3 Å². The van der Waals surface area contributed by atoms with Crippen molar-refractivity contribution in [1.82, 2.24) is 4.90 Å². The quantitative estimate of drug-likeness (QED) is 0.727. The molecule has 1 aromatic heterocycles. The first kappa shape index (κ1) is 19.4. The molecule has 1 saturated carbocycles. The van der Waals surface area contributed by atoms with Gasteiger partial charge in [0.05, 0.1) is 18.6 Å². The maximum atomic E-state index is 11.0. The maximum absolute atomic E-state index is 11.0. The fraction of sp³-hybridized carbons (Fsp3) is 0.480. The number of furan rings is 1. The third kappa shape index (κ3) is 3.67. The summed E-state index contributed by atoms with van der Waals surface area (Å²) in [5, 5.41) is 10.2. The minimum atomic E-state index is -0.689. The minimum Gasteiger partial charge on any atom is -0.496 e. The summed E-state index contributed by atoms with van der Waals surface area (Å²) in [5.74, 6) is 1.82. The van der Waals surface area contributed by atoms with E-state index in [1.165, 1.54) is 31.2 Å². The van der Waals surface area contributed by atoms with Gasteiger partial charge in [-0.25, -0.2) is 0 Å². The largest absolute Gasteiger partial charge is 0.496 e. The molecule has 1 saturated heterocycles. The van der Waals surface area contributed by atoms with Crippen LogP contribution in [0.4, 0.5) is 0 Å². The molecule has 5 nitrogen and oxygen atoms in total. The van der Waals surface area contributed by atoms with Gasteiger partial charge in [0.2, 0.25) is 0 Å². The number of allylic oxidation sites excluding steroid dienone is 2. The van der Waals surface area contributed by atoms with E-state index in [9.17, 15) is 4.79 Å². The summed E-state index contributed by atoms with van der Waals surface area (Å²) in [5.41, 5.74) is 3.37. The average Bonchev–Trinajstić information content (AvgIpc) is 3.38. The average molecular weight is 408 g/mol. The van der Waals surface area contributed by atoms with Gasteiger partial charge in [-0.3, -0.25) is 4.79 Å². The minimum absolute atomic E-state index is 0.213. The van der Waals surface area contributed by atoms with Crippen molar-refractivity contribution in [3.05, 3.63) is 53.5 Å². The Bertz CT molecular complexity index is 1010. The van der Waals surface area contributed by atoms with E-state index in [-0.39, 0.29) is 5.92 Å². The molecule has 1 aromatic carbocycles. The Labute approximate surface area is 177 Å². The first-order valence-electron chi connectivity index (χ1n) is 11.1. The van der Waals surface area contributed by atoms with Gasteiger partial charge in [-0.05, 0) is 60.9 Å². The van der Waals surface area contributed by atoms with Crippen LogP contribution in [0.25, 0.3) is 16.5 Å². The van der Waals surface area contributed by atoms with Gasteiger partial charge < -0.3 is 19.2 Å². The number of likely N-dealkylation sites (tertiary alicyclic amines) is 1. The van der Waals surface area contributed by atoms with Crippen LogP contribution in [-0.4, -0.2) is 42.7 Å². The van der Waals surface area contributed by atoms with Gasteiger partial charge in [0.25, 0.3) is 0 Å². The SMILES string of the molecule is COC1=CC(CN2CC(C(=O)O)C2)CC=C1c1cc2cc(C3CCCC3)ccc2o1. The van der Waals surface area contributed by atoms with Crippen LogP contribution in [-0.2, 0) is 9.53 Å². The number of fused-ring (bicyclic) bond motifs is 1. The van der Waals surface area contributed by atoms with Gasteiger partial charge in [0, 0.05) is 25.0 Å². The number of carbonyl (C=O) groups is 1. The number of hydrogen-bond acceptors (Lipinski definition) is 4. The summed E-state index contributed by atoms with van der Waals surface area (Å²) < 4.78 is 11.9. The number of aliphatic carboxylic acids is 1. The Morgan fingerprint density at radius 3 is 2.77 bits per heavy atom. The standard InChI is InChI=1S/C25H29NO4/c1-29-23-10-16(13-26-14-20(15-26)25(27)28)6-8-21(23)24-12-19-11-18(7-9-22(19)30-24)17-4-2-3-5-17/h7-12,16-17,20H,2-6,13-15H2,1H3,(H,27,28). The van der Waals surface area contributed by atoms with Crippen molar-refractivity contribution in [3.63, 3.8) is 0 Å². The highest BCUT2D eigenvalue weighted by Crippen LogP contribution is 2.38. The Balaban J connectivity index is 1.31. The molecule has 3 aliphatic rings. The van der Waals surface area contributed by atoms with E-state index in [0.717, 1.165) is 41.0 Å². The molecule has 0 radical (unpaired) electrons. The lowest BCUT2D eigenvalue weighted by atomic mass is 9.91. The molecular formula is C25H29NO4. The van der Waals surface area contributed by atoms with Crippen LogP contribution in [0.2, 0.25) is 0 Å². The van der Waals surface area contributed by atoms with Crippen LogP contribution in [0.15, 0.2) is 46.6 Å². The number of methoxy groups -OCH3 is 1. The molecule has 5 rings (SSSR count). The second-order valence-electron chi connectivity index (χ2n) is 8.99. The lowest BCUT2D eigenvalue weighted by Gasteiger charge is -2.38. The van der Waals surface area contributed by atoms with E-state index >= 15 is 0 Å². The third-order valence-electron chi connectivity index (χ3n) is 6.93. The fourth-order valence-electron chi connectivity index (χ4n) is 5.18. The number of benzene rings is 1. The molecule has 5 heteroatoms. The monoisotopic (exact) mass is 407 g/mol. The van der Waals surface area contributed by atoms with Crippen molar-refractivity contribution >= 4 is 22.5 Å². The molecule has 30 heavy (non-hydrogen) atoms. The van der Waals surface area contributed by atoms with Crippen LogP contribution < -0.4 is 0 Å². The van der Waals surface area contributed by atoms with Gasteiger partial charge in [0.15, 0.2) is 0 Å². The van der Waals surface area contributed by atoms with Crippen molar-refractivity contribution in [2.75, 3.05) is 26.7 Å². The summed E-state index contributed by atoms with van der Waals surface area (Å²) >= 11 is 0. The van der Waals surface area contributed by atoms with Gasteiger partial charge in [0.1, 0.15) is 17.1 Å². The zero-order valence-corrected chi connectivity index (χ0v) is 17.5. The third-order valence-corrected chi connectivity index (χ3v) is 6.93. The van der Waals surface area contributed by atoms with E-state index < -0.39 is 5.97 Å². The Morgan fingerprint density at radius 1 is 1.23 bits per heavy atom. The molecule has 1 unspecified atom stereocenters. The highest BCUT2D eigenvalue weighted by Gasteiger charge is 2.34. The molecule has 2 aliphatic carbocycles. The number of ether oxygens (including phenoxy) is 1. The van der Waals surface area contributed by atoms with Crippen molar-refractivity contribution < 1.29 is 19.1 Å². The number of hydrogen-bond donors (Lipinski definition) is 1. The van der Waals surface area contributed by atoms with Crippen molar-refractivity contribution in [2.24, 2.45) is 11.8 Å². The molecule has 2 heterocycles. The van der Waals surface area contributed by atoms with E-state index in [1.807, 2.05) is 0 Å².